The lowest BCUT2D eigenvalue weighted by Gasteiger charge is -2.01. The summed E-state index contributed by atoms with van der Waals surface area (Å²) in [5, 5.41) is 11.0. The molecular formula is C8H16N4. The van der Waals surface area contributed by atoms with Crippen molar-refractivity contribution in [2.75, 3.05) is 7.05 Å². The van der Waals surface area contributed by atoms with Crippen molar-refractivity contribution in [1.29, 1.82) is 0 Å². The number of hydrogen-bond donors (Lipinski definition) is 1. The Morgan fingerprint density at radius 2 is 2.33 bits per heavy atom. The predicted molar refractivity (Wildman–Crippen MR) is 47.6 cm³/mol. The molecule has 0 fully saturated rings. The Morgan fingerprint density at radius 3 is 2.92 bits per heavy atom. The standard InChI is InChI=1S/C8H16N4/c1-7(2)5-12-6-8(4-9-3)10-11-12/h6-7,9H,4-5H2,1-3H3. The van der Waals surface area contributed by atoms with Crippen molar-refractivity contribution in [1.82, 2.24) is 20.3 Å². The van der Waals surface area contributed by atoms with Crippen LogP contribution in [0, 0.1) is 5.92 Å². The Balaban J connectivity index is 2.52. The Bertz CT molecular complexity index is 229. The van der Waals surface area contributed by atoms with Crippen LogP contribution in [0.2, 0.25) is 0 Å². The second kappa shape index (κ2) is 4.21. The van der Waals surface area contributed by atoms with Crippen LogP contribution in [0.4, 0.5) is 0 Å². The first-order valence-corrected chi connectivity index (χ1v) is 4.26. The van der Waals surface area contributed by atoms with E-state index in [9.17, 15) is 0 Å². The molecule has 0 unspecified atom stereocenters. The minimum Gasteiger partial charge on any atom is -0.314 e. The fourth-order valence-corrected chi connectivity index (χ4v) is 1.06. The third kappa shape index (κ3) is 2.62. The summed E-state index contributed by atoms with van der Waals surface area (Å²) in [6.45, 7) is 6.06. The Labute approximate surface area is 73.0 Å². The zero-order valence-electron chi connectivity index (χ0n) is 7.91. The van der Waals surface area contributed by atoms with Crippen molar-refractivity contribution < 1.29 is 0 Å². The van der Waals surface area contributed by atoms with Gasteiger partial charge in [0, 0.05) is 19.3 Å². The summed E-state index contributed by atoms with van der Waals surface area (Å²) in [5.74, 6) is 0.620. The minimum absolute atomic E-state index is 0.620. The molecule has 0 saturated carbocycles. The highest BCUT2D eigenvalue weighted by atomic mass is 15.4. The molecule has 0 aliphatic carbocycles. The van der Waals surface area contributed by atoms with Crippen molar-refractivity contribution in [2.45, 2.75) is 26.9 Å². The lowest BCUT2D eigenvalue weighted by Crippen LogP contribution is -2.05. The fourth-order valence-electron chi connectivity index (χ4n) is 1.06. The normalized spacial score (nSPS) is 11.0. The van der Waals surface area contributed by atoms with Gasteiger partial charge in [-0.15, -0.1) is 5.10 Å². The maximum absolute atomic E-state index is 4.01. The lowest BCUT2D eigenvalue weighted by molar-refractivity contribution is 0.472. The van der Waals surface area contributed by atoms with Gasteiger partial charge >= 0.3 is 0 Å². The van der Waals surface area contributed by atoms with Crippen LogP contribution in [0.3, 0.4) is 0 Å². The van der Waals surface area contributed by atoms with Gasteiger partial charge < -0.3 is 5.32 Å². The zero-order chi connectivity index (χ0) is 8.97. The molecule has 0 aliphatic heterocycles. The summed E-state index contributed by atoms with van der Waals surface area (Å²) in [5.41, 5.74) is 0.998. The molecule has 1 heterocycles. The van der Waals surface area contributed by atoms with Crippen molar-refractivity contribution in [2.24, 2.45) is 5.92 Å². The maximum atomic E-state index is 4.01. The maximum Gasteiger partial charge on any atom is 0.0964 e. The molecule has 0 atom stereocenters. The van der Waals surface area contributed by atoms with Crippen LogP contribution in [0.25, 0.3) is 0 Å². The molecule has 0 aliphatic rings. The van der Waals surface area contributed by atoms with Gasteiger partial charge in [-0.25, -0.2) is 0 Å². The van der Waals surface area contributed by atoms with Crippen LogP contribution >= 0.6 is 0 Å². The second-order valence-electron chi connectivity index (χ2n) is 3.36. The number of rotatable bonds is 4. The number of hydrogen-bond acceptors (Lipinski definition) is 3. The van der Waals surface area contributed by atoms with Gasteiger partial charge in [-0.2, -0.15) is 0 Å². The van der Waals surface area contributed by atoms with Crippen molar-refractivity contribution in [3.8, 4) is 0 Å². The molecule has 0 radical (unpaired) electrons. The van der Waals surface area contributed by atoms with Gasteiger partial charge in [-0.1, -0.05) is 19.1 Å². The predicted octanol–water partition coefficient (Wildman–Crippen LogP) is 0.653. The molecule has 1 N–H and O–H groups in total. The Kier molecular flexibility index (Phi) is 3.22. The summed E-state index contributed by atoms with van der Waals surface area (Å²) in [6.07, 6.45) is 1.98. The summed E-state index contributed by atoms with van der Waals surface area (Å²) >= 11 is 0. The molecule has 1 rings (SSSR count). The first kappa shape index (κ1) is 9.19. The van der Waals surface area contributed by atoms with Crippen LogP contribution in [-0.4, -0.2) is 22.0 Å². The molecule has 0 bridgehead atoms. The third-order valence-electron chi connectivity index (χ3n) is 1.50. The molecular weight excluding hydrogens is 152 g/mol. The van der Waals surface area contributed by atoms with E-state index in [1.54, 1.807) is 0 Å². The fraction of sp³-hybridized carbons (Fsp3) is 0.750. The molecule has 1 aromatic heterocycles. The van der Waals surface area contributed by atoms with E-state index in [-0.39, 0.29) is 0 Å². The lowest BCUT2D eigenvalue weighted by atomic mass is 10.2. The van der Waals surface area contributed by atoms with Crippen molar-refractivity contribution >= 4 is 0 Å². The quantitative estimate of drug-likeness (QED) is 0.718. The van der Waals surface area contributed by atoms with Crippen LogP contribution in [-0.2, 0) is 13.1 Å². The smallest absolute Gasteiger partial charge is 0.0964 e. The van der Waals surface area contributed by atoms with Crippen molar-refractivity contribution in [3.05, 3.63) is 11.9 Å². The molecule has 0 amide bonds. The number of nitrogens with one attached hydrogen (secondary N) is 1. The first-order valence-electron chi connectivity index (χ1n) is 4.26. The van der Waals surface area contributed by atoms with E-state index < -0.39 is 0 Å². The Morgan fingerprint density at radius 1 is 1.58 bits per heavy atom. The second-order valence-corrected chi connectivity index (χ2v) is 3.36. The number of nitrogens with zero attached hydrogens (tertiary/aromatic N) is 3. The minimum atomic E-state index is 0.620. The number of aromatic nitrogens is 3. The molecule has 0 saturated heterocycles. The van der Waals surface area contributed by atoms with Gasteiger partial charge in [-0.3, -0.25) is 4.68 Å². The zero-order valence-corrected chi connectivity index (χ0v) is 7.91. The van der Waals surface area contributed by atoms with E-state index in [4.69, 9.17) is 0 Å². The summed E-state index contributed by atoms with van der Waals surface area (Å²) in [7, 11) is 1.90. The van der Waals surface area contributed by atoms with Crippen LogP contribution in [0.5, 0.6) is 0 Å². The molecule has 4 heteroatoms. The largest absolute Gasteiger partial charge is 0.314 e. The van der Waals surface area contributed by atoms with Crippen molar-refractivity contribution in [3.63, 3.8) is 0 Å². The first-order chi connectivity index (χ1) is 5.72. The van der Waals surface area contributed by atoms with Crippen LogP contribution in [0.15, 0.2) is 6.20 Å². The van der Waals surface area contributed by atoms with Gasteiger partial charge in [0.15, 0.2) is 0 Å². The van der Waals surface area contributed by atoms with E-state index in [2.05, 4.69) is 29.5 Å². The highest BCUT2D eigenvalue weighted by molar-refractivity contribution is 4.90. The van der Waals surface area contributed by atoms with Gasteiger partial charge in [0.1, 0.15) is 0 Å². The molecule has 4 nitrogen and oxygen atoms in total. The Hall–Kier alpha value is -0.900. The van der Waals surface area contributed by atoms with Crippen LogP contribution in [0.1, 0.15) is 19.5 Å². The average molecular weight is 168 g/mol. The SMILES string of the molecule is CNCc1cn(CC(C)C)nn1. The molecule has 0 spiro atoms. The average Bonchev–Trinajstić information content (AvgIpc) is 2.36. The third-order valence-corrected chi connectivity index (χ3v) is 1.50. The van der Waals surface area contributed by atoms with E-state index in [1.165, 1.54) is 0 Å². The molecule has 1 aromatic rings. The van der Waals surface area contributed by atoms with Crippen LogP contribution < -0.4 is 5.32 Å². The van der Waals surface area contributed by atoms with E-state index in [0.29, 0.717) is 5.92 Å². The molecule has 68 valence electrons. The van der Waals surface area contributed by atoms with Gasteiger partial charge in [0.2, 0.25) is 0 Å². The topological polar surface area (TPSA) is 42.7 Å². The monoisotopic (exact) mass is 168 g/mol. The molecule has 0 aromatic carbocycles. The summed E-state index contributed by atoms with van der Waals surface area (Å²) in [6, 6.07) is 0. The van der Waals surface area contributed by atoms with E-state index >= 15 is 0 Å². The van der Waals surface area contributed by atoms with E-state index in [0.717, 1.165) is 18.8 Å². The van der Waals surface area contributed by atoms with Gasteiger partial charge in [-0.05, 0) is 13.0 Å². The highest BCUT2D eigenvalue weighted by Gasteiger charge is 2.00. The van der Waals surface area contributed by atoms with Gasteiger partial charge in [0.25, 0.3) is 0 Å². The molecule has 12 heavy (non-hydrogen) atoms. The highest BCUT2D eigenvalue weighted by Crippen LogP contribution is 1.98. The van der Waals surface area contributed by atoms with E-state index in [1.807, 2.05) is 17.9 Å². The van der Waals surface area contributed by atoms with Gasteiger partial charge in [0.05, 0.1) is 5.69 Å². The summed E-state index contributed by atoms with van der Waals surface area (Å²) in [4.78, 5) is 0. The summed E-state index contributed by atoms with van der Waals surface area (Å²) < 4.78 is 1.89.